The van der Waals surface area contributed by atoms with Gasteiger partial charge in [0.05, 0.1) is 5.92 Å². The number of rotatable bonds is 3. The molecule has 0 aliphatic carbocycles. The second-order valence-electron chi connectivity index (χ2n) is 6.08. The molecular weight excluding hydrogens is 276 g/mol. The maximum Gasteiger partial charge on any atom is 0.240 e. The van der Waals surface area contributed by atoms with Crippen LogP contribution >= 0.6 is 0 Å². The Bertz CT molecular complexity index is 664. The van der Waals surface area contributed by atoms with E-state index in [0.717, 1.165) is 30.0 Å². The second-order valence-corrected chi connectivity index (χ2v) is 6.08. The molecule has 0 bridgehead atoms. The van der Waals surface area contributed by atoms with Gasteiger partial charge in [-0.3, -0.25) is 4.98 Å². The predicted molar refractivity (Wildman–Crippen MR) is 86.3 cm³/mol. The Morgan fingerprint density at radius 1 is 1.27 bits per heavy atom. The quantitative estimate of drug-likeness (QED) is 0.871. The van der Waals surface area contributed by atoms with Crippen molar-refractivity contribution in [1.29, 1.82) is 0 Å². The van der Waals surface area contributed by atoms with Crippen LogP contribution in [0.25, 0.3) is 12.2 Å². The monoisotopic (exact) mass is 298 g/mol. The van der Waals surface area contributed by atoms with Crippen LogP contribution in [0.4, 0.5) is 0 Å². The first kappa shape index (κ1) is 14.9. The van der Waals surface area contributed by atoms with E-state index in [0.29, 0.717) is 17.9 Å². The number of likely N-dealkylation sites (N-methyl/N-ethyl adjacent to an activating group) is 1. The highest BCUT2D eigenvalue weighted by molar-refractivity contribution is 5.65. The van der Waals surface area contributed by atoms with Gasteiger partial charge in [-0.05, 0) is 63.6 Å². The Hall–Kier alpha value is -2.01. The Balaban J connectivity index is 1.73. The van der Waals surface area contributed by atoms with Gasteiger partial charge >= 0.3 is 0 Å². The summed E-state index contributed by atoms with van der Waals surface area (Å²) in [6, 6.07) is 2.51. The van der Waals surface area contributed by atoms with E-state index in [1.807, 2.05) is 31.5 Å². The van der Waals surface area contributed by atoms with E-state index in [1.165, 1.54) is 6.42 Å². The number of nitrogens with zero attached hydrogens (tertiary/aromatic N) is 4. The fourth-order valence-corrected chi connectivity index (χ4v) is 2.94. The highest BCUT2D eigenvalue weighted by Crippen LogP contribution is 2.30. The summed E-state index contributed by atoms with van der Waals surface area (Å²) in [4.78, 5) is 6.52. The third-order valence-electron chi connectivity index (χ3n) is 4.39. The number of pyridine rings is 1. The van der Waals surface area contributed by atoms with Crippen molar-refractivity contribution in [3.63, 3.8) is 0 Å². The van der Waals surface area contributed by atoms with Crippen LogP contribution < -0.4 is 0 Å². The molecule has 0 saturated carbocycles. The number of likely N-dealkylation sites (tertiary alicyclic amines) is 1. The molecular formula is C17H22N4O. The van der Waals surface area contributed by atoms with Crippen LogP contribution in [0, 0.1) is 6.92 Å². The first-order valence-electron chi connectivity index (χ1n) is 7.77. The molecule has 116 valence electrons. The minimum atomic E-state index is 0.328. The van der Waals surface area contributed by atoms with E-state index >= 15 is 0 Å². The summed E-state index contributed by atoms with van der Waals surface area (Å²) in [6.07, 6.45) is 9.74. The summed E-state index contributed by atoms with van der Waals surface area (Å²) in [5.41, 5.74) is 2.16. The highest BCUT2D eigenvalue weighted by atomic mass is 16.4. The van der Waals surface area contributed by atoms with E-state index in [1.54, 1.807) is 0 Å². The fraction of sp³-hybridized carbons (Fsp3) is 0.471. The smallest absolute Gasteiger partial charge is 0.240 e. The molecule has 1 saturated heterocycles. The number of piperidine rings is 1. The number of aromatic nitrogens is 3. The van der Waals surface area contributed by atoms with E-state index < -0.39 is 0 Å². The molecule has 1 fully saturated rings. The van der Waals surface area contributed by atoms with Crippen molar-refractivity contribution in [2.75, 3.05) is 13.6 Å². The second kappa shape index (κ2) is 6.40. The molecule has 5 heteroatoms. The summed E-state index contributed by atoms with van der Waals surface area (Å²) in [5.74, 6) is 1.63. The van der Waals surface area contributed by atoms with E-state index in [-0.39, 0.29) is 0 Å². The summed E-state index contributed by atoms with van der Waals surface area (Å²) < 4.78 is 5.84. The molecule has 0 amide bonds. The van der Waals surface area contributed by atoms with Crippen molar-refractivity contribution in [3.8, 4) is 0 Å². The summed E-state index contributed by atoms with van der Waals surface area (Å²) in [7, 11) is 2.15. The Kier molecular flexibility index (Phi) is 4.34. The molecule has 22 heavy (non-hydrogen) atoms. The summed E-state index contributed by atoms with van der Waals surface area (Å²) in [5, 5.41) is 8.39. The molecule has 2 atom stereocenters. The van der Waals surface area contributed by atoms with Crippen LogP contribution in [0.3, 0.4) is 0 Å². The third kappa shape index (κ3) is 3.25. The molecule has 5 nitrogen and oxygen atoms in total. The summed E-state index contributed by atoms with van der Waals surface area (Å²) in [6.45, 7) is 5.39. The van der Waals surface area contributed by atoms with Gasteiger partial charge in [0.25, 0.3) is 0 Å². The zero-order valence-corrected chi connectivity index (χ0v) is 13.4. The van der Waals surface area contributed by atoms with E-state index in [2.05, 4.69) is 40.1 Å². The lowest BCUT2D eigenvalue weighted by atomic mass is 9.91. The van der Waals surface area contributed by atoms with E-state index in [4.69, 9.17) is 4.42 Å². The molecule has 0 unspecified atom stereocenters. The zero-order valence-electron chi connectivity index (χ0n) is 13.4. The minimum absolute atomic E-state index is 0.328. The van der Waals surface area contributed by atoms with Gasteiger partial charge < -0.3 is 9.32 Å². The molecule has 1 aliphatic rings. The van der Waals surface area contributed by atoms with Crippen LogP contribution in [0.1, 0.15) is 48.6 Å². The van der Waals surface area contributed by atoms with Crippen molar-refractivity contribution in [2.24, 2.45) is 0 Å². The molecule has 0 spiro atoms. The van der Waals surface area contributed by atoms with Gasteiger partial charge in [-0.2, -0.15) is 0 Å². The van der Waals surface area contributed by atoms with Gasteiger partial charge in [-0.25, -0.2) is 0 Å². The van der Waals surface area contributed by atoms with Gasteiger partial charge in [-0.1, -0.05) is 0 Å². The number of hydrogen-bond donors (Lipinski definition) is 0. The molecule has 1 aliphatic heterocycles. The van der Waals surface area contributed by atoms with Crippen LogP contribution in [-0.4, -0.2) is 39.7 Å². The van der Waals surface area contributed by atoms with Gasteiger partial charge in [-0.15, -0.1) is 10.2 Å². The lowest BCUT2D eigenvalue weighted by molar-refractivity contribution is 0.158. The normalized spacial score (nSPS) is 23.2. The van der Waals surface area contributed by atoms with Crippen LogP contribution in [-0.2, 0) is 0 Å². The molecule has 2 aromatic rings. The van der Waals surface area contributed by atoms with Crippen molar-refractivity contribution < 1.29 is 4.42 Å². The topological polar surface area (TPSA) is 55.1 Å². The van der Waals surface area contributed by atoms with E-state index in [9.17, 15) is 0 Å². The zero-order chi connectivity index (χ0) is 15.5. The summed E-state index contributed by atoms with van der Waals surface area (Å²) >= 11 is 0. The molecule has 0 N–H and O–H groups in total. The van der Waals surface area contributed by atoms with Gasteiger partial charge in [0, 0.05) is 24.5 Å². The van der Waals surface area contributed by atoms with Crippen molar-refractivity contribution in [2.45, 2.75) is 38.6 Å². The average molecular weight is 298 g/mol. The molecule has 3 rings (SSSR count). The molecule has 3 heterocycles. The first-order valence-corrected chi connectivity index (χ1v) is 7.77. The first-order chi connectivity index (χ1) is 10.6. The number of hydrogen-bond acceptors (Lipinski definition) is 5. The maximum atomic E-state index is 5.84. The SMILES string of the molecule is Cc1cncc(/C=C/c2nnc([C@H]3CCCN(C)[C@H]3C)o2)c1. The predicted octanol–water partition coefficient (Wildman–Crippen LogP) is 3.14. The van der Waals surface area contributed by atoms with Crippen LogP contribution in [0.2, 0.25) is 0 Å². The minimum Gasteiger partial charge on any atom is -0.421 e. The fourth-order valence-electron chi connectivity index (χ4n) is 2.94. The standard InChI is InChI=1S/C17H22N4O/c1-12-9-14(11-18-10-12)6-7-16-19-20-17(22-16)15-5-4-8-21(3)13(15)2/h6-7,9-11,13,15H,4-5,8H2,1-3H3/b7-6+/t13-,15-/m0/s1. The molecule has 0 radical (unpaired) electrons. The Morgan fingerprint density at radius 2 is 2.14 bits per heavy atom. The van der Waals surface area contributed by atoms with Gasteiger partial charge in [0.2, 0.25) is 11.8 Å². The molecule has 2 aromatic heterocycles. The van der Waals surface area contributed by atoms with Gasteiger partial charge in [0.1, 0.15) is 0 Å². The van der Waals surface area contributed by atoms with Crippen LogP contribution in [0.15, 0.2) is 22.9 Å². The van der Waals surface area contributed by atoms with Crippen LogP contribution in [0.5, 0.6) is 0 Å². The Morgan fingerprint density at radius 3 is 2.95 bits per heavy atom. The molecule has 0 aromatic carbocycles. The lowest BCUT2D eigenvalue weighted by Crippen LogP contribution is -2.39. The van der Waals surface area contributed by atoms with Crippen molar-refractivity contribution in [3.05, 3.63) is 41.4 Å². The number of aryl methyl sites for hydroxylation is 1. The highest BCUT2D eigenvalue weighted by Gasteiger charge is 2.30. The van der Waals surface area contributed by atoms with Crippen molar-refractivity contribution >= 4 is 12.2 Å². The third-order valence-corrected chi connectivity index (χ3v) is 4.39. The van der Waals surface area contributed by atoms with Gasteiger partial charge in [0.15, 0.2) is 0 Å². The maximum absolute atomic E-state index is 5.84. The van der Waals surface area contributed by atoms with Crippen molar-refractivity contribution in [1.82, 2.24) is 20.1 Å². The Labute approximate surface area is 131 Å². The average Bonchev–Trinajstić information content (AvgIpc) is 2.97. The largest absolute Gasteiger partial charge is 0.421 e. The lowest BCUT2D eigenvalue weighted by Gasteiger charge is -2.34.